The number of hydrogen-bond acceptors (Lipinski definition) is 4. The van der Waals surface area contributed by atoms with E-state index < -0.39 is 10.0 Å². The number of anilines is 2. The Balaban J connectivity index is 2.50. The summed E-state index contributed by atoms with van der Waals surface area (Å²) >= 11 is 0. The van der Waals surface area contributed by atoms with Crippen LogP contribution >= 0.6 is 0 Å². The molecule has 0 atom stereocenters. The van der Waals surface area contributed by atoms with Gasteiger partial charge in [0.05, 0.1) is 5.75 Å². The highest BCUT2D eigenvalue weighted by molar-refractivity contribution is 7.92. The standard InChI is InChI=1S/C14H25N3O2S/c1-4-5-12-20(18,19)16-14-8-6-13(7-9-14)15-10-11-17(2)3/h6-9,15-16H,4-5,10-12H2,1-3H3. The van der Waals surface area contributed by atoms with Crippen molar-refractivity contribution in [3.8, 4) is 0 Å². The van der Waals surface area contributed by atoms with Crippen LogP contribution in [0, 0.1) is 0 Å². The van der Waals surface area contributed by atoms with Crippen LogP contribution in [0.25, 0.3) is 0 Å². The van der Waals surface area contributed by atoms with Crippen LogP contribution in [0.4, 0.5) is 11.4 Å². The Hall–Kier alpha value is -1.27. The molecule has 0 unspecified atom stereocenters. The Morgan fingerprint density at radius 2 is 1.70 bits per heavy atom. The van der Waals surface area contributed by atoms with Gasteiger partial charge in [-0.05, 0) is 44.8 Å². The number of hydrogen-bond donors (Lipinski definition) is 2. The molecule has 0 amide bonds. The summed E-state index contributed by atoms with van der Waals surface area (Å²) in [6.07, 6.45) is 1.55. The molecular formula is C14H25N3O2S. The molecule has 6 heteroatoms. The molecule has 1 aromatic carbocycles. The number of likely N-dealkylation sites (N-methyl/N-ethyl adjacent to an activating group) is 1. The summed E-state index contributed by atoms with van der Waals surface area (Å²) in [4.78, 5) is 2.10. The molecule has 114 valence electrons. The molecule has 20 heavy (non-hydrogen) atoms. The lowest BCUT2D eigenvalue weighted by atomic mass is 10.3. The Kier molecular flexibility index (Phi) is 6.81. The number of nitrogens with one attached hydrogen (secondary N) is 2. The normalized spacial score (nSPS) is 11.6. The van der Waals surface area contributed by atoms with E-state index in [2.05, 4.69) is 14.9 Å². The SMILES string of the molecule is CCCCS(=O)(=O)Nc1ccc(NCCN(C)C)cc1. The van der Waals surface area contributed by atoms with Gasteiger partial charge in [-0.15, -0.1) is 0 Å². The van der Waals surface area contributed by atoms with Crippen molar-refractivity contribution < 1.29 is 8.42 Å². The van der Waals surface area contributed by atoms with Crippen molar-refractivity contribution in [3.05, 3.63) is 24.3 Å². The molecule has 0 aliphatic rings. The van der Waals surface area contributed by atoms with Gasteiger partial charge in [0, 0.05) is 24.5 Å². The van der Waals surface area contributed by atoms with Gasteiger partial charge in [-0.3, -0.25) is 4.72 Å². The van der Waals surface area contributed by atoms with Crippen LogP contribution in [0.3, 0.4) is 0 Å². The zero-order valence-corrected chi connectivity index (χ0v) is 13.3. The molecule has 0 spiro atoms. The van der Waals surface area contributed by atoms with E-state index in [0.29, 0.717) is 12.1 Å². The van der Waals surface area contributed by atoms with E-state index in [9.17, 15) is 8.42 Å². The molecule has 2 N–H and O–H groups in total. The number of benzene rings is 1. The second-order valence-electron chi connectivity index (χ2n) is 5.08. The fraction of sp³-hybridized carbons (Fsp3) is 0.571. The number of sulfonamides is 1. The molecule has 0 aliphatic heterocycles. The van der Waals surface area contributed by atoms with E-state index in [0.717, 1.165) is 25.2 Å². The van der Waals surface area contributed by atoms with Gasteiger partial charge in [0.1, 0.15) is 0 Å². The highest BCUT2D eigenvalue weighted by atomic mass is 32.2. The minimum absolute atomic E-state index is 0.173. The molecule has 0 radical (unpaired) electrons. The second-order valence-corrected chi connectivity index (χ2v) is 6.92. The van der Waals surface area contributed by atoms with Gasteiger partial charge in [-0.2, -0.15) is 0 Å². The van der Waals surface area contributed by atoms with Crippen LogP contribution in [-0.4, -0.2) is 46.3 Å². The quantitative estimate of drug-likeness (QED) is 0.734. The Bertz CT molecular complexity index is 484. The lowest BCUT2D eigenvalue weighted by molar-refractivity contribution is 0.425. The first-order chi connectivity index (χ1) is 9.43. The van der Waals surface area contributed by atoms with Crippen molar-refractivity contribution in [1.29, 1.82) is 0 Å². The maximum absolute atomic E-state index is 11.8. The summed E-state index contributed by atoms with van der Waals surface area (Å²) in [6.45, 7) is 3.78. The van der Waals surface area contributed by atoms with E-state index in [4.69, 9.17) is 0 Å². The van der Waals surface area contributed by atoms with Gasteiger partial charge >= 0.3 is 0 Å². The molecular weight excluding hydrogens is 274 g/mol. The third-order valence-corrected chi connectivity index (χ3v) is 4.19. The summed E-state index contributed by atoms with van der Waals surface area (Å²) in [5, 5.41) is 3.28. The minimum atomic E-state index is -3.21. The molecule has 0 aromatic heterocycles. The maximum Gasteiger partial charge on any atom is 0.232 e. The third-order valence-electron chi connectivity index (χ3n) is 2.81. The van der Waals surface area contributed by atoms with Gasteiger partial charge in [0.25, 0.3) is 0 Å². The summed E-state index contributed by atoms with van der Waals surface area (Å²) in [5.41, 5.74) is 1.60. The smallest absolute Gasteiger partial charge is 0.232 e. The number of rotatable bonds is 9. The minimum Gasteiger partial charge on any atom is -0.384 e. The van der Waals surface area contributed by atoms with E-state index in [1.165, 1.54) is 0 Å². The fourth-order valence-corrected chi connectivity index (χ4v) is 2.91. The Morgan fingerprint density at radius 1 is 1.10 bits per heavy atom. The van der Waals surface area contributed by atoms with E-state index in [1.54, 1.807) is 12.1 Å². The molecule has 0 heterocycles. The molecule has 0 fully saturated rings. The van der Waals surface area contributed by atoms with Crippen LogP contribution < -0.4 is 10.0 Å². The first-order valence-electron chi connectivity index (χ1n) is 6.92. The van der Waals surface area contributed by atoms with Crippen molar-refractivity contribution in [2.45, 2.75) is 19.8 Å². The van der Waals surface area contributed by atoms with Gasteiger partial charge < -0.3 is 10.2 Å². The summed E-state index contributed by atoms with van der Waals surface area (Å²) in [5.74, 6) is 0.173. The van der Waals surface area contributed by atoms with Crippen LogP contribution in [0.15, 0.2) is 24.3 Å². The average molecular weight is 299 g/mol. The molecule has 5 nitrogen and oxygen atoms in total. The van der Waals surface area contributed by atoms with Crippen LogP contribution in [-0.2, 0) is 10.0 Å². The van der Waals surface area contributed by atoms with Crippen LogP contribution in [0.1, 0.15) is 19.8 Å². The maximum atomic E-state index is 11.8. The van der Waals surface area contributed by atoms with Crippen molar-refractivity contribution in [3.63, 3.8) is 0 Å². The molecule has 1 rings (SSSR count). The Morgan fingerprint density at radius 3 is 2.25 bits per heavy atom. The zero-order chi connectivity index (χ0) is 15.0. The second kappa shape index (κ2) is 8.11. The third kappa shape index (κ3) is 6.77. The molecule has 0 saturated heterocycles. The van der Waals surface area contributed by atoms with E-state index in [1.807, 2.05) is 33.2 Å². The predicted molar refractivity (Wildman–Crippen MR) is 85.8 cm³/mol. The van der Waals surface area contributed by atoms with Gasteiger partial charge in [-0.1, -0.05) is 13.3 Å². The highest BCUT2D eigenvalue weighted by Crippen LogP contribution is 2.15. The van der Waals surface area contributed by atoms with Crippen molar-refractivity contribution in [2.24, 2.45) is 0 Å². The summed E-state index contributed by atoms with van der Waals surface area (Å²) in [6, 6.07) is 7.32. The molecule has 0 saturated carbocycles. The average Bonchev–Trinajstić information content (AvgIpc) is 2.38. The fourth-order valence-electron chi connectivity index (χ4n) is 1.64. The molecule has 1 aromatic rings. The van der Waals surface area contributed by atoms with Gasteiger partial charge in [0.15, 0.2) is 0 Å². The molecule has 0 aliphatic carbocycles. The Labute approximate surface area is 122 Å². The zero-order valence-electron chi connectivity index (χ0n) is 12.5. The lowest BCUT2D eigenvalue weighted by Crippen LogP contribution is -2.20. The number of nitrogens with zero attached hydrogens (tertiary/aromatic N) is 1. The largest absolute Gasteiger partial charge is 0.384 e. The van der Waals surface area contributed by atoms with E-state index in [-0.39, 0.29) is 5.75 Å². The number of unbranched alkanes of at least 4 members (excludes halogenated alkanes) is 1. The summed E-state index contributed by atoms with van der Waals surface area (Å²) < 4.78 is 26.1. The van der Waals surface area contributed by atoms with Gasteiger partial charge in [-0.25, -0.2) is 8.42 Å². The van der Waals surface area contributed by atoms with Crippen LogP contribution in [0.2, 0.25) is 0 Å². The molecule has 0 bridgehead atoms. The van der Waals surface area contributed by atoms with E-state index >= 15 is 0 Å². The first kappa shape index (κ1) is 16.8. The topological polar surface area (TPSA) is 61.4 Å². The highest BCUT2D eigenvalue weighted by Gasteiger charge is 2.09. The predicted octanol–water partition coefficient (Wildman–Crippen LogP) is 2.20. The van der Waals surface area contributed by atoms with Crippen molar-refractivity contribution >= 4 is 21.4 Å². The summed E-state index contributed by atoms with van der Waals surface area (Å²) in [7, 11) is 0.832. The lowest BCUT2D eigenvalue weighted by Gasteiger charge is -2.12. The first-order valence-corrected chi connectivity index (χ1v) is 8.57. The van der Waals surface area contributed by atoms with Gasteiger partial charge in [0.2, 0.25) is 10.0 Å². The monoisotopic (exact) mass is 299 g/mol. The van der Waals surface area contributed by atoms with Crippen molar-refractivity contribution in [1.82, 2.24) is 4.90 Å². The van der Waals surface area contributed by atoms with Crippen LogP contribution in [0.5, 0.6) is 0 Å². The van der Waals surface area contributed by atoms with Crippen molar-refractivity contribution in [2.75, 3.05) is 43.0 Å².